The van der Waals surface area contributed by atoms with Gasteiger partial charge < -0.3 is 9.79 Å². The van der Waals surface area contributed by atoms with Crippen LogP contribution in [-0.4, -0.2) is 27.9 Å². The first-order chi connectivity index (χ1) is 13.5. The first-order valence-electron chi connectivity index (χ1n) is 11.8. The van der Waals surface area contributed by atoms with Gasteiger partial charge in [-0.3, -0.25) is 4.52 Å². The van der Waals surface area contributed by atoms with Crippen molar-refractivity contribution in [1.29, 1.82) is 0 Å². The number of phosphoric acid groups is 1. The molecule has 0 aromatic heterocycles. The maximum Gasteiger partial charge on any atom is 0.469 e. The highest BCUT2D eigenvalue weighted by atomic mass is 32.2. The average Bonchev–Trinajstić information content (AvgIpc) is 3.48. The highest BCUT2D eigenvalue weighted by Crippen LogP contribution is 2.42. The zero-order valence-electron chi connectivity index (χ0n) is 18.2. The van der Waals surface area contributed by atoms with E-state index in [4.69, 9.17) is 14.3 Å². The fourth-order valence-electron chi connectivity index (χ4n) is 3.71. The quantitative estimate of drug-likeness (QED) is 0.146. The van der Waals surface area contributed by atoms with Crippen molar-refractivity contribution < 1.29 is 18.9 Å². The summed E-state index contributed by atoms with van der Waals surface area (Å²) in [6, 6.07) is 0. The highest BCUT2D eigenvalue weighted by molar-refractivity contribution is 7.99. The molecule has 0 aliphatic heterocycles. The Balaban J connectivity index is 1.80. The van der Waals surface area contributed by atoms with Crippen molar-refractivity contribution in [2.24, 2.45) is 11.8 Å². The Labute approximate surface area is 178 Å². The minimum Gasteiger partial charge on any atom is -0.303 e. The molecule has 4 nitrogen and oxygen atoms in total. The molecule has 0 amide bonds. The largest absolute Gasteiger partial charge is 0.469 e. The molecule has 0 aromatic carbocycles. The molecule has 0 aromatic rings. The summed E-state index contributed by atoms with van der Waals surface area (Å²) in [7, 11) is -4.32. The van der Waals surface area contributed by atoms with Gasteiger partial charge in [0.05, 0.1) is 6.61 Å². The van der Waals surface area contributed by atoms with Gasteiger partial charge in [-0.1, -0.05) is 90.4 Å². The molecule has 1 atom stereocenters. The minimum absolute atomic E-state index is 0.209. The number of unbranched alkanes of at least 4 members (excludes halogenated alkanes) is 13. The van der Waals surface area contributed by atoms with Gasteiger partial charge in [0.2, 0.25) is 0 Å². The van der Waals surface area contributed by atoms with E-state index in [-0.39, 0.29) is 6.61 Å². The smallest absolute Gasteiger partial charge is 0.303 e. The molecule has 1 unspecified atom stereocenters. The van der Waals surface area contributed by atoms with Gasteiger partial charge in [-0.15, -0.1) is 0 Å². The second-order valence-electron chi connectivity index (χ2n) is 8.55. The van der Waals surface area contributed by atoms with Crippen molar-refractivity contribution >= 4 is 19.6 Å². The van der Waals surface area contributed by atoms with Crippen LogP contribution in [0.2, 0.25) is 0 Å². The van der Waals surface area contributed by atoms with Crippen molar-refractivity contribution in [2.75, 3.05) is 18.1 Å². The maximum absolute atomic E-state index is 10.9. The van der Waals surface area contributed by atoms with Crippen LogP contribution in [0.25, 0.3) is 0 Å². The molecular weight excluding hydrogens is 391 g/mol. The summed E-state index contributed by atoms with van der Waals surface area (Å²) < 4.78 is 15.6. The standard InChI is InChI=1S/C22H45O4PS/c1-2-3-4-5-6-7-8-9-10-11-12-13-14-15-18-28-20-22(21-16-17-21)19-26-27(23,24)25/h21-22H,2-20H2,1H3,(H2,23,24,25). The molecule has 168 valence electrons. The molecule has 1 aliphatic rings. The lowest BCUT2D eigenvalue weighted by atomic mass is 10.0. The first-order valence-corrected chi connectivity index (χ1v) is 14.5. The van der Waals surface area contributed by atoms with E-state index in [9.17, 15) is 4.57 Å². The zero-order valence-corrected chi connectivity index (χ0v) is 19.9. The predicted molar refractivity (Wildman–Crippen MR) is 122 cm³/mol. The Morgan fingerprint density at radius 2 is 1.32 bits per heavy atom. The molecule has 1 aliphatic carbocycles. The predicted octanol–water partition coefficient (Wildman–Crippen LogP) is 7.34. The summed E-state index contributed by atoms with van der Waals surface area (Å²) in [6.45, 7) is 2.48. The number of hydrogen-bond acceptors (Lipinski definition) is 3. The lowest BCUT2D eigenvalue weighted by Gasteiger charge is -2.16. The van der Waals surface area contributed by atoms with Crippen LogP contribution in [0.15, 0.2) is 0 Å². The fraction of sp³-hybridized carbons (Fsp3) is 1.00. The van der Waals surface area contributed by atoms with Crippen LogP contribution < -0.4 is 0 Å². The summed E-state index contributed by atoms with van der Waals surface area (Å²) >= 11 is 1.93. The van der Waals surface area contributed by atoms with Crippen LogP contribution in [-0.2, 0) is 9.09 Å². The summed E-state index contributed by atoms with van der Waals surface area (Å²) in [5, 5.41) is 0. The summed E-state index contributed by atoms with van der Waals surface area (Å²) in [6.07, 6.45) is 21.8. The summed E-state index contributed by atoms with van der Waals surface area (Å²) in [5.41, 5.74) is 0. The van der Waals surface area contributed by atoms with Gasteiger partial charge in [-0.2, -0.15) is 11.8 Å². The van der Waals surface area contributed by atoms with Gasteiger partial charge in [-0.05, 0) is 42.6 Å². The molecule has 6 heteroatoms. The monoisotopic (exact) mass is 436 g/mol. The third-order valence-corrected chi connectivity index (χ3v) is 7.45. The molecule has 1 rings (SSSR count). The second-order valence-corrected chi connectivity index (χ2v) is 10.9. The second kappa shape index (κ2) is 17.2. The van der Waals surface area contributed by atoms with Gasteiger partial charge in [0.15, 0.2) is 0 Å². The number of thioether (sulfide) groups is 1. The van der Waals surface area contributed by atoms with Gasteiger partial charge in [0.25, 0.3) is 0 Å². The van der Waals surface area contributed by atoms with Gasteiger partial charge in [0.1, 0.15) is 0 Å². The molecule has 0 saturated heterocycles. The van der Waals surface area contributed by atoms with E-state index in [2.05, 4.69) is 6.92 Å². The van der Waals surface area contributed by atoms with Gasteiger partial charge in [-0.25, -0.2) is 4.57 Å². The third kappa shape index (κ3) is 17.3. The molecular formula is C22H45O4PS. The van der Waals surface area contributed by atoms with E-state index >= 15 is 0 Å². The normalized spacial score (nSPS) is 15.8. The molecule has 0 bridgehead atoms. The molecule has 1 fully saturated rings. The Bertz CT molecular complexity index is 398. The topological polar surface area (TPSA) is 66.8 Å². The average molecular weight is 437 g/mol. The maximum atomic E-state index is 10.9. The highest BCUT2D eigenvalue weighted by Gasteiger charge is 2.32. The SMILES string of the molecule is CCCCCCCCCCCCCCCCSCC(COP(=O)(O)O)C1CC1. The Hall–Kier alpha value is 0.460. The van der Waals surface area contributed by atoms with Crippen molar-refractivity contribution in [3.8, 4) is 0 Å². The van der Waals surface area contributed by atoms with Gasteiger partial charge >= 0.3 is 7.82 Å². The number of hydrogen-bond donors (Lipinski definition) is 2. The van der Waals surface area contributed by atoms with Crippen LogP contribution in [0.4, 0.5) is 0 Å². The molecule has 1 saturated carbocycles. The van der Waals surface area contributed by atoms with Crippen LogP contribution in [0, 0.1) is 11.8 Å². The fourth-order valence-corrected chi connectivity index (χ4v) is 5.35. The molecule has 28 heavy (non-hydrogen) atoms. The van der Waals surface area contributed by atoms with E-state index in [1.165, 1.54) is 103 Å². The van der Waals surface area contributed by atoms with E-state index in [1.807, 2.05) is 11.8 Å². The van der Waals surface area contributed by atoms with E-state index in [0.717, 1.165) is 11.5 Å². The van der Waals surface area contributed by atoms with Crippen molar-refractivity contribution in [2.45, 2.75) is 110 Å². The van der Waals surface area contributed by atoms with E-state index < -0.39 is 7.82 Å². The lowest BCUT2D eigenvalue weighted by molar-refractivity contribution is 0.167. The number of rotatable bonds is 21. The summed E-state index contributed by atoms with van der Waals surface area (Å²) in [5.74, 6) is 3.07. The summed E-state index contributed by atoms with van der Waals surface area (Å²) in [4.78, 5) is 17.7. The van der Waals surface area contributed by atoms with Crippen LogP contribution in [0.1, 0.15) is 110 Å². The molecule has 2 N–H and O–H groups in total. The Kier molecular flexibility index (Phi) is 16.2. The Morgan fingerprint density at radius 1 is 0.857 bits per heavy atom. The molecule has 0 spiro atoms. The number of phosphoric ester groups is 1. The first kappa shape index (κ1) is 26.5. The van der Waals surface area contributed by atoms with E-state index in [0.29, 0.717) is 11.8 Å². The lowest BCUT2D eigenvalue weighted by Crippen LogP contribution is -2.14. The minimum atomic E-state index is -4.32. The van der Waals surface area contributed by atoms with Gasteiger partial charge in [0, 0.05) is 0 Å². The zero-order chi connectivity index (χ0) is 20.5. The van der Waals surface area contributed by atoms with Crippen molar-refractivity contribution in [3.05, 3.63) is 0 Å². The van der Waals surface area contributed by atoms with Crippen molar-refractivity contribution in [3.63, 3.8) is 0 Å². The van der Waals surface area contributed by atoms with E-state index in [1.54, 1.807) is 0 Å². The molecule has 0 heterocycles. The van der Waals surface area contributed by atoms with Crippen LogP contribution in [0.5, 0.6) is 0 Å². The van der Waals surface area contributed by atoms with Crippen LogP contribution in [0.3, 0.4) is 0 Å². The Morgan fingerprint density at radius 3 is 1.75 bits per heavy atom. The van der Waals surface area contributed by atoms with Crippen LogP contribution >= 0.6 is 19.6 Å². The van der Waals surface area contributed by atoms with Crippen molar-refractivity contribution in [1.82, 2.24) is 0 Å². The third-order valence-electron chi connectivity index (χ3n) is 5.72. The molecule has 0 radical (unpaired) electrons.